The largest absolute Gasteiger partial charge is 0.513 e. The van der Waals surface area contributed by atoms with Gasteiger partial charge in [-0.25, -0.2) is 14.4 Å². The molecule has 0 bridgehead atoms. The van der Waals surface area contributed by atoms with E-state index >= 15 is 0 Å². The average molecular weight is 598 g/mol. The van der Waals surface area contributed by atoms with Gasteiger partial charge in [-0.3, -0.25) is 4.79 Å². The normalized spacial score (nSPS) is 13.9. The minimum Gasteiger partial charge on any atom is -0.480 e. The van der Waals surface area contributed by atoms with Gasteiger partial charge in [0.2, 0.25) is 0 Å². The molecule has 0 aliphatic heterocycles. The second-order valence-electron chi connectivity index (χ2n) is 13.1. The van der Waals surface area contributed by atoms with Crippen LogP contribution in [0.3, 0.4) is 0 Å². The Morgan fingerprint density at radius 1 is 0.786 bits per heavy atom. The lowest BCUT2D eigenvalue weighted by Crippen LogP contribution is -2.40. The molecule has 12 heteroatoms. The second-order valence-corrected chi connectivity index (χ2v) is 13.1. The van der Waals surface area contributed by atoms with Crippen LogP contribution in [0.5, 0.6) is 11.5 Å². The maximum Gasteiger partial charge on any atom is 0.513 e. The Balaban J connectivity index is 3.28. The Bertz CT molecular complexity index is 1060. The fourth-order valence-electron chi connectivity index (χ4n) is 3.45. The molecule has 1 rings (SSSR count). The van der Waals surface area contributed by atoms with Crippen molar-refractivity contribution >= 4 is 24.4 Å². The van der Waals surface area contributed by atoms with Gasteiger partial charge in [0, 0.05) is 5.92 Å². The Labute approximate surface area is 248 Å². The minimum atomic E-state index is -1.43. The summed E-state index contributed by atoms with van der Waals surface area (Å²) >= 11 is 0. The molecule has 0 spiro atoms. The standard InChI is InChI=1S/C30H47NO11/c1-18(2)12-13-37-26(34)38-15-19(3)23(24(31)25(32)33)20-10-11-21(41-27(35)39-16-29(4,5)6)22(14-20)42-28(36)40-17-30(7,8)9/h10-11,14,18-19,23-24H,12-13,15-17,31H2,1-9H3,(H,32,33)/t19?,23?,24-/m0/s1. The Hall–Kier alpha value is -3.54. The van der Waals surface area contributed by atoms with E-state index in [0.29, 0.717) is 17.9 Å². The van der Waals surface area contributed by atoms with Crippen molar-refractivity contribution < 1.29 is 52.7 Å². The molecule has 3 atom stereocenters. The summed E-state index contributed by atoms with van der Waals surface area (Å²) in [7, 11) is 0. The molecule has 0 saturated heterocycles. The molecule has 0 amide bonds. The third kappa shape index (κ3) is 14.4. The number of hydrogen-bond acceptors (Lipinski definition) is 11. The molecule has 1 aromatic rings. The number of carboxylic acids is 1. The number of carbonyl (C=O) groups excluding carboxylic acids is 3. The smallest absolute Gasteiger partial charge is 0.480 e. The summed E-state index contributed by atoms with van der Waals surface area (Å²) in [5.41, 5.74) is 5.71. The lowest BCUT2D eigenvalue weighted by atomic mass is 9.82. The van der Waals surface area contributed by atoms with Crippen molar-refractivity contribution in [3.05, 3.63) is 23.8 Å². The highest BCUT2D eigenvalue weighted by molar-refractivity contribution is 5.75. The van der Waals surface area contributed by atoms with E-state index in [1.54, 1.807) is 6.92 Å². The van der Waals surface area contributed by atoms with E-state index in [4.69, 9.17) is 34.2 Å². The van der Waals surface area contributed by atoms with E-state index in [-0.39, 0.29) is 48.8 Å². The molecule has 0 fully saturated rings. The van der Waals surface area contributed by atoms with Gasteiger partial charge in [0.1, 0.15) is 6.04 Å². The van der Waals surface area contributed by atoms with Crippen LogP contribution in [0.25, 0.3) is 0 Å². The zero-order valence-electron chi connectivity index (χ0n) is 26.2. The monoisotopic (exact) mass is 597 g/mol. The lowest BCUT2D eigenvalue weighted by Gasteiger charge is -2.28. The van der Waals surface area contributed by atoms with Crippen molar-refractivity contribution in [2.75, 3.05) is 26.4 Å². The predicted molar refractivity (Wildman–Crippen MR) is 154 cm³/mol. The molecule has 1 aromatic carbocycles. The molecule has 3 N–H and O–H groups in total. The fraction of sp³-hybridized carbons (Fsp3) is 0.667. The summed E-state index contributed by atoms with van der Waals surface area (Å²) in [4.78, 5) is 48.8. The summed E-state index contributed by atoms with van der Waals surface area (Å²) in [5, 5.41) is 9.72. The summed E-state index contributed by atoms with van der Waals surface area (Å²) in [6.45, 7) is 16.9. The van der Waals surface area contributed by atoms with Gasteiger partial charge in [0.05, 0.1) is 26.4 Å². The number of carboxylic acid groups (broad SMARTS) is 1. The maximum absolute atomic E-state index is 12.5. The van der Waals surface area contributed by atoms with Crippen LogP contribution in [0.15, 0.2) is 18.2 Å². The van der Waals surface area contributed by atoms with Crippen molar-refractivity contribution in [3.63, 3.8) is 0 Å². The molecule has 42 heavy (non-hydrogen) atoms. The van der Waals surface area contributed by atoms with Gasteiger partial charge in [0.25, 0.3) is 0 Å². The number of rotatable bonds is 13. The highest BCUT2D eigenvalue weighted by atomic mass is 16.7. The number of benzene rings is 1. The van der Waals surface area contributed by atoms with Crippen molar-refractivity contribution in [3.8, 4) is 11.5 Å². The van der Waals surface area contributed by atoms with Crippen molar-refractivity contribution in [2.24, 2.45) is 28.4 Å². The first-order chi connectivity index (χ1) is 19.3. The van der Waals surface area contributed by atoms with Crippen LogP contribution in [0.1, 0.15) is 80.2 Å². The fourth-order valence-corrected chi connectivity index (χ4v) is 3.45. The van der Waals surface area contributed by atoms with Gasteiger partial charge in [-0.2, -0.15) is 0 Å². The summed E-state index contributed by atoms with van der Waals surface area (Å²) in [6.07, 6.45) is -2.30. The molecular weight excluding hydrogens is 550 g/mol. The van der Waals surface area contributed by atoms with Crippen LogP contribution in [0.2, 0.25) is 0 Å². The molecule has 0 saturated carbocycles. The molecule has 0 aromatic heterocycles. The quantitative estimate of drug-likeness (QED) is 0.151. The summed E-state index contributed by atoms with van der Waals surface area (Å²) in [6, 6.07) is 2.71. The Kier molecular flexibility index (Phi) is 14.1. The van der Waals surface area contributed by atoms with E-state index < -0.39 is 42.3 Å². The molecule has 0 heterocycles. The maximum atomic E-state index is 12.5. The zero-order chi connectivity index (χ0) is 32.3. The molecule has 0 aliphatic carbocycles. The molecule has 12 nitrogen and oxygen atoms in total. The number of ether oxygens (including phenoxy) is 6. The highest BCUT2D eigenvalue weighted by Crippen LogP contribution is 2.36. The number of hydrogen-bond donors (Lipinski definition) is 2. The first-order valence-electron chi connectivity index (χ1n) is 13.9. The third-order valence-electron chi connectivity index (χ3n) is 5.65. The number of nitrogens with two attached hydrogens (primary N) is 1. The van der Waals surface area contributed by atoms with Crippen molar-refractivity contribution in [1.82, 2.24) is 0 Å². The van der Waals surface area contributed by atoms with E-state index in [2.05, 4.69) is 0 Å². The van der Waals surface area contributed by atoms with E-state index in [9.17, 15) is 24.3 Å². The van der Waals surface area contributed by atoms with E-state index in [1.807, 2.05) is 55.4 Å². The van der Waals surface area contributed by atoms with Gasteiger partial charge in [0.15, 0.2) is 11.5 Å². The van der Waals surface area contributed by atoms with Crippen LogP contribution in [-0.4, -0.2) is 62.0 Å². The van der Waals surface area contributed by atoms with Crippen LogP contribution in [0.4, 0.5) is 14.4 Å². The molecule has 238 valence electrons. The Morgan fingerprint density at radius 2 is 1.31 bits per heavy atom. The first-order valence-corrected chi connectivity index (χ1v) is 13.9. The highest BCUT2D eigenvalue weighted by Gasteiger charge is 2.33. The second kappa shape index (κ2) is 16.2. The van der Waals surface area contributed by atoms with Gasteiger partial charge in [-0.15, -0.1) is 0 Å². The molecule has 2 unspecified atom stereocenters. The summed E-state index contributed by atoms with van der Waals surface area (Å²) in [5.74, 6) is -2.87. The van der Waals surface area contributed by atoms with Crippen LogP contribution >= 0.6 is 0 Å². The predicted octanol–water partition coefficient (Wildman–Crippen LogP) is 6.14. The SMILES string of the molecule is CC(C)CCOC(=O)OCC(C)C(c1ccc(OC(=O)OCC(C)(C)C)c(OC(=O)OCC(C)(C)C)c1)[C@H](N)C(=O)O. The van der Waals surface area contributed by atoms with Gasteiger partial charge in [-0.05, 0) is 46.8 Å². The van der Waals surface area contributed by atoms with Crippen LogP contribution in [-0.2, 0) is 23.7 Å². The molecule has 0 radical (unpaired) electrons. The third-order valence-corrected chi connectivity index (χ3v) is 5.65. The van der Waals surface area contributed by atoms with Gasteiger partial charge < -0.3 is 39.3 Å². The number of aliphatic carboxylic acids is 1. The van der Waals surface area contributed by atoms with E-state index in [1.165, 1.54) is 18.2 Å². The van der Waals surface area contributed by atoms with Crippen LogP contribution in [0, 0.1) is 22.7 Å². The van der Waals surface area contributed by atoms with Gasteiger partial charge in [-0.1, -0.05) is 68.4 Å². The van der Waals surface area contributed by atoms with E-state index in [0.717, 1.165) is 0 Å². The molecular formula is C30H47NO11. The molecule has 0 aliphatic rings. The average Bonchev–Trinajstić information content (AvgIpc) is 2.85. The minimum absolute atomic E-state index is 0.0451. The zero-order valence-corrected chi connectivity index (χ0v) is 26.2. The summed E-state index contributed by atoms with van der Waals surface area (Å²) < 4.78 is 31.3. The van der Waals surface area contributed by atoms with Crippen molar-refractivity contribution in [1.29, 1.82) is 0 Å². The Morgan fingerprint density at radius 3 is 1.79 bits per heavy atom. The lowest BCUT2D eigenvalue weighted by molar-refractivity contribution is -0.139. The van der Waals surface area contributed by atoms with Crippen molar-refractivity contribution in [2.45, 2.75) is 80.7 Å². The topological polar surface area (TPSA) is 170 Å². The first kappa shape index (κ1) is 36.5. The van der Waals surface area contributed by atoms with Crippen LogP contribution < -0.4 is 15.2 Å². The number of carbonyl (C=O) groups is 4. The van der Waals surface area contributed by atoms with Gasteiger partial charge >= 0.3 is 24.4 Å².